The van der Waals surface area contributed by atoms with E-state index in [1.54, 1.807) is 7.11 Å². The molecule has 1 aromatic rings. The van der Waals surface area contributed by atoms with Crippen LogP contribution in [0.3, 0.4) is 0 Å². The third kappa shape index (κ3) is 4.22. The predicted molar refractivity (Wildman–Crippen MR) is 74.2 cm³/mol. The number of alkyl halides is 1. The van der Waals surface area contributed by atoms with E-state index >= 15 is 0 Å². The summed E-state index contributed by atoms with van der Waals surface area (Å²) in [5, 5.41) is 2.80. The van der Waals surface area contributed by atoms with Crippen molar-refractivity contribution in [2.24, 2.45) is 0 Å². The average Bonchev–Trinajstić information content (AvgIpc) is 2.29. The molecular formula is C14H20ClNO2. The van der Waals surface area contributed by atoms with Crippen LogP contribution >= 0.6 is 11.6 Å². The zero-order chi connectivity index (χ0) is 13.8. The molecule has 3 nitrogen and oxygen atoms in total. The van der Waals surface area contributed by atoms with Crippen LogP contribution in [0.4, 0.5) is 0 Å². The molecule has 0 aliphatic rings. The summed E-state index contributed by atoms with van der Waals surface area (Å²) in [6.45, 7) is 5.70. The van der Waals surface area contributed by atoms with E-state index in [0.29, 0.717) is 6.42 Å². The van der Waals surface area contributed by atoms with Crippen LogP contribution in [0.15, 0.2) is 24.3 Å². The molecule has 0 spiro atoms. The van der Waals surface area contributed by atoms with Crippen LogP contribution in [-0.4, -0.2) is 23.9 Å². The SMILES string of the molecule is COc1ccc(CC(=O)NC(C)(C)C(C)Cl)cc1. The molecule has 0 aromatic heterocycles. The van der Waals surface area contributed by atoms with Crippen molar-refractivity contribution in [2.45, 2.75) is 38.1 Å². The highest BCUT2D eigenvalue weighted by atomic mass is 35.5. The molecule has 0 bridgehead atoms. The van der Waals surface area contributed by atoms with Gasteiger partial charge in [0.15, 0.2) is 0 Å². The number of methoxy groups -OCH3 is 1. The fraction of sp³-hybridized carbons (Fsp3) is 0.500. The Balaban J connectivity index is 2.59. The second-order valence-corrected chi connectivity index (χ2v) is 5.57. The van der Waals surface area contributed by atoms with Gasteiger partial charge in [-0.15, -0.1) is 11.6 Å². The first-order valence-electron chi connectivity index (χ1n) is 5.93. The Morgan fingerprint density at radius 3 is 2.39 bits per heavy atom. The quantitative estimate of drug-likeness (QED) is 0.835. The summed E-state index contributed by atoms with van der Waals surface area (Å²) in [7, 11) is 1.62. The molecule has 4 heteroatoms. The number of halogens is 1. The number of nitrogens with one attached hydrogen (secondary N) is 1. The maximum Gasteiger partial charge on any atom is 0.224 e. The molecular weight excluding hydrogens is 250 g/mol. The molecule has 0 aliphatic carbocycles. The third-order valence-electron chi connectivity index (χ3n) is 2.98. The molecule has 0 saturated carbocycles. The van der Waals surface area contributed by atoms with E-state index in [4.69, 9.17) is 16.3 Å². The van der Waals surface area contributed by atoms with Crippen molar-refractivity contribution in [3.05, 3.63) is 29.8 Å². The van der Waals surface area contributed by atoms with Crippen molar-refractivity contribution in [1.29, 1.82) is 0 Å². The van der Waals surface area contributed by atoms with Crippen molar-refractivity contribution >= 4 is 17.5 Å². The molecule has 1 N–H and O–H groups in total. The molecule has 1 atom stereocenters. The maximum absolute atomic E-state index is 11.9. The highest BCUT2D eigenvalue weighted by Crippen LogP contribution is 2.16. The highest BCUT2D eigenvalue weighted by Gasteiger charge is 2.25. The Hall–Kier alpha value is -1.22. The number of rotatable bonds is 5. The van der Waals surface area contributed by atoms with E-state index in [2.05, 4.69) is 5.32 Å². The van der Waals surface area contributed by atoms with Gasteiger partial charge in [0.25, 0.3) is 0 Å². The molecule has 0 saturated heterocycles. The minimum absolute atomic E-state index is 0.0299. The van der Waals surface area contributed by atoms with Crippen molar-refractivity contribution in [3.8, 4) is 5.75 Å². The first kappa shape index (κ1) is 14.8. The van der Waals surface area contributed by atoms with Crippen LogP contribution in [0.2, 0.25) is 0 Å². The summed E-state index contributed by atoms with van der Waals surface area (Å²) >= 11 is 6.02. The summed E-state index contributed by atoms with van der Waals surface area (Å²) in [4.78, 5) is 11.9. The van der Waals surface area contributed by atoms with E-state index in [1.807, 2.05) is 45.0 Å². The second-order valence-electron chi connectivity index (χ2n) is 4.91. The van der Waals surface area contributed by atoms with Gasteiger partial charge in [-0.1, -0.05) is 12.1 Å². The van der Waals surface area contributed by atoms with E-state index in [1.165, 1.54) is 0 Å². The smallest absolute Gasteiger partial charge is 0.224 e. The monoisotopic (exact) mass is 269 g/mol. The lowest BCUT2D eigenvalue weighted by molar-refractivity contribution is -0.122. The molecule has 0 aliphatic heterocycles. The third-order valence-corrected chi connectivity index (χ3v) is 3.53. The molecule has 1 aromatic carbocycles. The molecule has 0 radical (unpaired) electrons. The largest absolute Gasteiger partial charge is 0.497 e. The Bertz CT molecular complexity index is 399. The van der Waals surface area contributed by atoms with Gasteiger partial charge < -0.3 is 10.1 Å². The molecule has 1 unspecified atom stereocenters. The number of carbonyl (C=O) groups is 1. The highest BCUT2D eigenvalue weighted by molar-refractivity contribution is 6.21. The standard InChI is InChI=1S/C14H20ClNO2/c1-10(15)14(2,3)16-13(17)9-11-5-7-12(18-4)8-6-11/h5-8,10H,9H2,1-4H3,(H,16,17). The van der Waals surface area contributed by atoms with E-state index in [9.17, 15) is 4.79 Å². The molecule has 100 valence electrons. The summed E-state index contributed by atoms with van der Waals surface area (Å²) in [5.41, 5.74) is 0.539. The van der Waals surface area contributed by atoms with Crippen molar-refractivity contribution in [3.63, 3.8) is 0 Å². The number of carbonyl (C=O) groups excluding carboxylic acids is 1. The van der Waals surface area contributed by atoms with Crippen LogP contribution in [0, 0.1) is 0 Å². The van der Waals surface area contributed by atoms with Crippen LogP contribution in [0.25, 0.3) is 0 Å². The lowest BCUT2D eigenvalue weighted by Crippen LogP contribution is -2.49. The maximum atomic E-state index is 11.9. The molecule has 0 heterocycles. The molecule has 18 heavy (non-hydrogen) atoms. The first-order chi connectivity index (χ1) is 8.35. The minimum Gasteiger partial charge on any atom is -0.497 e. The van der Waals surface area contributed by atoms with Crippen LogP contribution in [0.5, 0.6) is 5.75 Å². The van der Waals surface area contributed by atoms with Gasteiger partial charge >= 0.3 is 0 Å². The van der Waals surface area contributed by atoms with Gasteiger partial charge in [-0.25, -0.2) is 0 Å². The zero-order valence-corrected chi connectivity index (χ0v) is 12.0. The summed E-state index contributed by atoms with van der Waals surface area (Å²) in [6, 6.07) is 7.46. The number of amides is 1. The average molecular weight is 270 g/mol. The molecule has 1 rings (SSSR count). The predicted octanol–water partition coefficient (Wildman–Crippen LogP) is 2.76. The number of ether oxygens (including phenoxy) is 1. The van der Waals surface area contributed by atoms with Gasteiger partial charge in [0.2, 0.25) is 5.91 Å². The number of hydrogen-bond donors (Lipinski definition) is 1. The van der Waals surface area contributed by atoms with Gasteiger partial charge in [-0.2, -0.15) is 0 Å². The Kier molecular flexibility index (Phi) is 5.03. The van der Waals surface area contributed by atoms with Gasteiger partial charge in [-0.05, 0) is 38.5 Å². The second kappa shape index (κ2) is 6.10. The van der Waals surface area contributed by atoms with Crippen LogP contribution in [0.1, 0.15) is 26.3 Å². The number of hydrogen-bond acceptors (Lipinski definition) is 2. The van der Waals surface area contributed by atoms with E-state index in [-0.39, 0.29) is 11.3 Å². The fourth-order valence-electron chi connectivity index (χ4n) is 1.43. The topological polar surface area (TPSA) is 38.3 Å². The lowest BCUT2D eigenvalue weighted by atomic mass is 10.0. The minimum atomic E-state index is -0.412. The van der Waals surface area contributed by atoms with Gasteiger partial charge in [0.05, 0.1) is 24.4 Å². The summed E-state index contributed by atoms with van der Waals surface area (Å²) in [6.07, 6.45) is 0.344. The van der Waals surface area contributed by atoms with Gasteiger partial charge in [-0.3, -0.25) is 4.79 Å². The molecule has 1 amide bonds. The summed E-state index contributed by atoms with van der Waals surface area (Å²) < 4.78 is 5.07. The van der Waals surface area contributed by atoms with Crippen molar-refractivity contribution < 1.29 is 9.53 Å². The fourth-order valence-corrected chi connectivity index (χ4v) is 1.49. The lowest BCUT2D eigenvalue weighted by Gasteiger charge is -2.29. The van der Waals surface area contributed by atoms with Crippen LogP contribution < -0.4 is 10.1 Å². The first-order valence-corrected chi connectivity index (χ1v) is 6.37. The normalized spacial score (nSPS) is 12.9. The Morgan fingerprint density at radius 2 is 1.94 bits per heavy atom. The van der Waals surface area contributed by atoms with Crippen LogP contribution in [-0.2, 0) is 11.2 Å². The van der Waals surface area contributed by atoms with E-state index < -0.39 is 5.54 Å². The Labute approximate surface area is 113 Å². The Morgan fingerprint density at radius 1 is 1.39 bits per heavy atom. The zero-order valence-electron chi connectivity index (χ0n) is 11.3. The number of benzene rings is 1. The van der Waals surface area contributed by atoms with E-state index in [0.717, 1.165) is 11.3 Å². The van der Waals surface area contributed by atoms with Crippen molar-refractivity contribution in [2.75, 3.05) is 7.11 Å². The molecule has 0 fully saturated rings. The summed E-state index contributed by atoms with van der Waals surface area (Å²) in [5.74, 6) is 0.756. The van der Waals surface area contributed by atoms with Gasteiger partial charge in [0, 0.05) is 0 Å². The van der Waals surface area contributed by atoms with Gasteiger partial charge in [0.1, 0.15) is 5.75 Å². The van der Waals surface area contributed by atoms with Crippen molar-refractivity contribution in [1.82, 2.24) is 5.32 Å².